The number of anilines is 1. The molecule has 4 heteroatoms. The van der Waals surface area contributed by atoms with Crippen LogP contribution in [-0.4, -0.2) is 22.6 Å². The molecule has 0 radical (unpaired) electrons. The van der Waals surface area contributed by atoms with Crippen LogP contribution in [0.2, 0.25) is 5.28 Å². The lowest BCUT2D eigenvalue weighted by molar-refractivity contribution is 0.639. The minimum atomic E-state index is 0.353. The van der Waals surface area contributed by atoms with E-state index < -0.39 is 0 Å². The third-order valence-corrected chi connectivity index (χ3v) is 3.13. The maximum atomic E-state index is 5.87. The molecule has 0 amide bonds. The van der Waals surface area contributed by atoms with E-state index in [0.29, 0.717) is 11.3 Å². The molecule has 0 aliphatic carbocycles. The smallest absolute Gasteiger partial charge is 0.224 e. The van der Waals surface area contributed by atoms with Gasteiger partial charge in [0.1, 0.15) is 5.82 Å². The van der Waals surface area contributed by atoms with E-state index in [0.717, 1.165) is 18.1 Å². The highest BCUT2D eigenvalue weighted by Gasteiger charge is 2.24. The summed E-state index contributed by atoms with van der Waals surface area (Å²) in [6.07, 6.45) is 3.68. The van der Waals surface area contributed by atoms with Crippen molar-refractivity contribution in [2.24, 2.45) is 0 Å². The maximum Gasteiger partial charge on any atom is 0.224 e. The first kappa shape index (κ1) is 10.7. The first-order valence-electron chi connectivity index (χ1n) is 5.48. The van der Waals surface area contributed by atoms with Crippen molar-refractivity contribution in [3.05, 3.63) is 17.0 Å². The summed E-state index contributed by atoms with van der Waals surface area (Å²) in [5.74, 6) is 0.983. The lowest BCUT2D eigenvalue weighted by atomic mass is 10.2. The SMILES string of the molecule is CCC1CCCN1c1cc(C)nc(Cl)n1. The number of hydrogen-bond acceptors (Lipinski definition) is 3. The number of nitrogens with zero attached hydrogens (tertiary/aromatic N) is 3. The van der Waals surface area contributed by atoms with Crippen molar-refractivity contribution in [2.45, 2.75) is 39.2 Å². The van der Waals surface area contributed by atoms with Crippen LogP contribution in [0.5, 0.6) is 0 Å². The van der Waals surface area contributed by atoms with Crippen LogP contribution in [0.25, 0.3) is 0 Å². The van der Waals surface area contributed by atoms with Crippen LogP contribution in [0.3, 0.4) is 0 Å². The molecule has 1 fully saturated rings. The van der Waals surface area contributed by atoms with Gasteiger partial charge in [0.05, 0.1) is 0 Å². The van der Waals surface area contributed by atoms with Crippen molar-refractivity contribution in [1.82, 2.24) is 9.97 Å². The standard InChI is InChI=1S/C11H16ClN3/c1-3-9-5-4-6-15(9)10-7-8(2)13-11(12)14-10/h7,9H,3-6H2,1-2H3. The van der Waals surface area contributed by atoms with Crippen LogP contribution in [0.4, 0.5) is 5.82 Å². The summed E-state index contributed by atoms with van der Waals surface area (Å²) in [7, 11) is 0. The van der Waals surface area contributed by atoms with Crippen molar-refractivity contribution in [1.29, 1.82) is 0 Å². The summed E-state index contributed by atoms with van der Waals surface area (Å²) >= 11 is 5.87. The van der Waals surface area contributed by atoms with E-state index >= 15 is 0 Å². The van der Waals surface area contributed by atoms with Crippen LogP contribution >= 0.6 is 11.6 Å². The van der Waals surface area contributed by atoms with Gasteiger partial charge in [0.25, 0.3) is 0 Å². The first-order chi connectivity index (χ1) is 7.20. The van der Waals surface area contributed by atoms with Crippen LogP contribution < -0.4 is 4.90 Å². The molecule has 1 aromatic rings. The van der Waals surface area contributed by atoms with Gasteiger partial charge in [-0.1, -0.05) is 6.92 Å². The lowest BCUT2D eigenvalue weighted by Crippen LogP contribution is -2.29. The molecule has 0 bridgehead atoms. The van der Waals surface area contributed by atoms with E-state index in [2.05, 4.69) is 21.8 Å². The second-order valence-corrected chi connectivity index (χ2v) is 4.37. The predicted molar refractivity (Wildman–Crippen MR) is 62.4 cm³/mol. The Labute approximate surface area is 95.5 Å². The number of aromatic nitrogens is 2. The van der Waals surface area contributed by atoms with Gasteiger partial charge >= 0.3 is 0 Å². The van der Waals surface area contributed by atoms with Gasteiger partial charge in [-0.15, -0.1) is 0 Å². The molecule has 2 heterocycles. The number of rotatable bonds is 2. The first-order valence-corrected chi connectivity index (χ1v) is 5.86. The molecule has 15 heavy (non-hydrogen) atoms. The molecule has 2 rings (SSSR count). The summed E-state index contributed by atoms with van der Waals surface area (Å²) < 4.78 is 0. The Balaban J connectivity index is 2.28. The third kappa shape index (κ3) is 2.23. The Morgan fingerprint density at radius 3 is 3.00 bits per heavy atom. The van der Waals surface area contributed by atoms with E-state index in [1.165, 1.54) is 19.3 Å². The summed E-state index contributed by atoms with van der Waals surface area (Å²) in [5.41, 5.74) is 0.937. The van der Waals surface area contributed by atoms with Crippen LogP contribution in [0.1, 0.15) is 31.9 Å². The topological polar surface area (TPSA) is 29.0 Å². The minimum Gasteiger partial charge on any atom is -0.353 e. The fraction of sp³-hybridized carbons (Fsp3) is 0.636. The molecule has 0 aromatic carbocycles. The van der Waals surface area contributed by atoms with Crippen molar-refractivity contribution >= 4 is 17.4 Å². The summed E-state index contributed by atoms with van der Waals surface area (Å²) in [6.45, 7) is 5.26. The third-order valence-electron chi connectivity index (χ3n) is 2.96. The van der Waals surface area contributed by atoms with Gasteiger partial charge in [-0.25, -0.2) is 9.97 Å². The molecule has 1 atom stereocenters. The Kier molecular flexibility index (Phi) is 3.10. The molecule has 0 saturated carbocycles. The molecule has 0 N–H and O–H groups in total. The van der Waals surface area contributed by atoms with E-state index in [9.17, 15) is 0 Å². The number of aryl methyl sites for hydroxylation is 1. The molecular weight excluding hydrogens is 210 g/mol. The zero-order chi connectivity index (χ0) is 10.8. The van der Waals surface area contributed by atoms with Gasteiger partial charge in [-0.2, -0.15) is 0 Å². The number of halogens is 1. The molecule has 1 aliphatic rings. The van der Waals surface area contributed by atoms with Crippen molar-refractivity contribution < 1.29 is 0 Å². The summed E-state index contributed by atoms with van der Waals surface area (Å²) in [5, 5.41) is 0.353. The molecule has 1 aromatic heterocycles. The molecule has 1 aliphatic heterocycles. The zero-order valence-electron chi connectivity index (χ0n) is 9.20. The van der Waals surface area contributed by atoms with Gasteiger partial charge in [-0.3, -0.25) is 0 Å². The highest BCUT2D eigenvalue weighted by molar-refractivity contribution is 6.28. The Hall–Kier alpha value is -0.830. The Bertz CT molecular complexity index is 333. The largest absolute Gasteiger partial charge is 0.353 e. The molecule has 3 nitrogen and oxygen atoms in total. The van der Waals surface area contributed by atoms with Gasteiger partial charge in [-0.05, 0) is 37.8 Å². The van der Waals surface area contributed by atoms with Gasteiger partial charge in [0.15, 0.2) is 0 Å². The highest BCUT2D eigenvalue weighted by Crippen LogP contribution is 2.26. The van der Waals surface area contributed by atoms with Crippen molar-refractivity contribution in [3.63, 3.8) is 0 Å². The van der Waals surface area contributed by atoms with Gasteiger partial charge < -0.3 is 4.90 Å². The van der Waals surface area contributed by atoms with E-state index in [-0.39, 0.29) is 0 Å². The van der Waals surface area contributed by atoms with E-state index in [1.54, 1.807) is 0 Å². The molecule has 1 unspecified atom stereocenters. The molecule has 82 valence electrons. The lowest BCUT2D eigenvalue weighted by Gasteiger charge is -2.24. The average molecular weight is 226 g/mol. The van der Waals surface area contributed by atoms with Crippen LogP contribution in [0.15, 0.2) is 6.07 Å². The van der Waals surface area contributed by atoms with Crippen molar-refractivity contribution in [2.75, 3.05) is 11.4 Å². The highest BCUT2D eigenvalue weighted by atomic mass is 35.5. The fourth-order valence-corrected chi connectivity index (χ4v) is 2.45. The van der Waals surface area contributed by atoms with Gasteiger partial charge in [0.2, 0.25) is 5.28 Å². The monoisotopic (exact) mass is 225 g/mol. The molecule has 1 saturated heterocycles. The van der Waals surface area contributed by atoms with Gasteiger partial charge in [0, 0.05) is 24.3 Å². The Morgan fingerprint density at radius 1 is 1.53 bits per heavy atom. The Morgan fingerprint density at radius 2 is 2.33 bits per heavy atom. The van der Waals surface area contributed by atoms with Crippen molar-refractivity contribution in [3.8, 4) is 0 Å². The fourth-order valence-electron chi connectivity index (χ4n) is 2.23. The quantitative estimate of drug-likeness (QED) is 0.725. The second kappa shape index (κ2) is 4.35. The number of hydrogen-bond donors (Lipinski definition) is 0. The second-order valence-electron chi connectivity index (χ2n) is 4.03. The molecule has 0 spiro atoms. The summed E-state index contributed by atoms with van der Waals surface area (Å²) in [4.78, 5) is 10.7. The molecular formula is C11H16ClN3. The average Bonchev–Trinajstić information content (AvgIpc) is 2.63. The normalized spacial score (nSPS) is 21.0. The maximum absolute atomic E-state index is 5.87. The minimum absolute atomic E-state index is 0.353. The van der Waals surface area contributed by atoms with Crippen LogP contribution in [0, 0.1) is 6.92 Å². The van der Waals surface area contributed by atoms with E-state index in [4.69, 9.17) is 11.6 Å². The predicted octanol–water partition coefficient (Wildman–Crippen LogP) is 2.82. The summed E-state index contributed by atoms with van der Waals surface area (Å²) in [6, 6.07) is 2.63. The zero-order valence-corrected chi connectivity index (χ0v) is 9.96. The van der Waals surface area contributed by atoms with E-state index in [1.807, 2.05) is 13.0 Å². The van der Waals surface area contributed by atoms with Crippen LogP contribution in [-0.2, 0) is 0 Å².